The molecule has 1 aliphatic carbocycles. The molecular formula is C17H26OSi. The molecule has 0 heterocycles. The summed E-state index contributed by atoms with van der Waals surface area (Å²) in [6.07, 6.45) is 8.60. The van der Waals surface area contributed by atoms with Crippen LogP contribution >= 0.6 is 0 Å². The van der Waals surface area contributed by atoms with Gasteiger partial charge in [-0.1, -0.05) is 30.3 Å². The van der Waals surface area contributed by atoms with Crippen LogP contribution in [0.3, 0.4) is 0 Å². The van der Waals surface area contributed by atoms with E-state index in [-0.39, 0.29) is 0 Å². The van der Waals surface area contributed by atoms with Gasteiger partial charge in [0.15, 0.2) is 0 Å². The smallest absolute Gasteiger partial charge is 0.241 e. The fraction of sp³-hybridized carbons (Fsp3) is 0.529. The number of rotatable bonds is 5. The van der Waals surface area contributed by atoms with Gasteiger partial charge in [0.1, 0.15) is 0 Å². The van der Waals surface area contributed by atoms with Crippen molar-refractivity contribution in [3.8, 4) is 0 Å². The Bertz CT molecular complexity index is 417. The quantitative estimate of drug-likeness (QED) is 0.674. The predicted octanol–water partition coefficient (Wildman–Crippen LogP) is 5.15. The van der Waals surface area contributed by atoms with Crippen LogP contribution in [0.25, 0.3) is 0 Å². The van der Waals surface area contributed by atoms with Crippen molar-refractivity contribution in [1.29, 1.82) is 0 Å². The molecule has 0 bridgehead atoms. The Kier molecular flexibility index (Phi) is 4.86. The van der Waals surface area contributed by atoms with Crippen LogP contribution < -0.4 is 0 Å². The number of aryl methyl sites for hydroxylation is 1. The van der Waals surface area contributed by atoms with E-state index in [1.165, 1.54) is 37.0 Å². The third kappa shape index (κ3) is 5.23. The van der Waals surface area contributed by atoms with Gasteiger partial charge in [-0.15, -0.1) is 0 Å². The first kappa shape index (κ1) is 14.4. The van der Waals surface area contributed by atoms with Crippen LogP contribution in [0, 0.1) is 5.92 Å². The summed E-state index contributed by atoms with van der Waals surface area (Å²) in [4.78, 5) is 0. The number of allylic oxidation sites excluding steroid dienone is 2. The molecule has 1 aliphatic rings. The first-order valence-electron chi connectivity index (χ1n) is 7.46. The van der Waals surface area contributed by atoms with E-state index in [9.17, 15) is 0 Å². The van der Waals surface area contributed by atoms with E-state index in [2.05, 4.69) is 56.0 Å². The topological polar surface area (TPSA) is 9.23 Å². The summed E-state index contributed by atoms with van der Waals surface area (Å²) in [5.74, 6) is 1.98. The highest BCUT2D eigenvalue weighted by atomic mass is 28.4. The highest BCUT2D eigenvalue weighted by molar-refractivity contribution is 6.70. The summed E-state index contributed by atoms with van der Waals surface area (Å²) in [6.45, 7) is 6.80. The lowest BCUT2D eigenvalue weighted by molar-refractivity contribution is 0.353. The van der Waals surface area contributed by atoms with Crippen molar-refractivity contribution in [3.63, 3.8) is 0 Å². The molecule has 1 aromatic carbocycles. The second kappa shape index (κ2) is 6.42. The van der Waals surface area contributed by atoms with Crippen LogP contribution in [0.15, 0.2) is 42.2 Å². The standard InChI is InChI=1S/C17H26OSi/c1-19(2,3)18-17-11-7-10-16(14-17)13-12-15-8-5-4-6-9-15/h4-6,8-9,14,16H,7,10-13H2,1-3H3. The second-order valence-corrected chi connectivity index (χ2v) is 11.0. The third-order valence-corrected chi connectivity index (χ3v) is 4.38. The van der Waals surface area contributed by atoms with Crippen LogP contribution in [0.1, 0.15) is 31.2 Å². The zero-order valence-corrected chi connectivity index (χ0v) is 13.5. The summed E-state index contributed by atoms with van der Waals surface area (Å²) in [6, 6.07) is 10.8. The zero-order valence-electron chi connectivity index (χ0n) is 12.5. The van der Waals surface area contributed by atoms with Gasteiger partial charge in [0.2, 0.25) is 8.32 Å². The minimum Gasteiger partial charge on any atom is -0.548 e. The van der Waals surface area contributed by atoms with E-state index in [1.807, 2.05) is 0 Å². The van der Waals surface area contributed by atoms with Gasteiger partial charge in [-0.3, -0.25) is 0 Å². The average Bonchev–Trinajstić information content (AvgIpc) is 2.36. The lowest BCUT2D eigenvalue weighted by Crippen LogP contribution is -2.26. The molecule has 2 heteroatoms. The fourth-order valence-electron chi connectivity index (χ4n) is 2.67. The third-order valence-electron chi connectivity index (χ3n) is 3.50. The van der Waals surface area contributed by atoms with E-state index < -0.39 is 8.32 Å². The van der Waals surface area contributed by atoms with Gasteiger partial charge in [0.25, 0.3) is 0 Å². The Labute approximate surface area is 118 Å². The van der Waals surface area contributed by atoms with Crippen molar-refractivity contribution in [3.05, 3.63) is 47.7 Å². The molecule has 0 aromatic heterocycles. The Balaban J connectivity index is 1.88. The monoisotopic (exact) mass is 274 g/mol. The first-order valence-corrected chi connectivity index (χ1v) is 10.9. The maximum Gasteiger partial charge on any atom is 0.241 e. The number of hydrogen-bond donors (Lipinski definition) is 0. The maximum absolute atomic E-state index is 6.16. The molecule has 1 aromatic rings. The van der Waals surface area contributed by atoms with Crippen molar-refractivity contribution in [1.82, 2.24) is 0 Å². The minimum absolute atomic E-state index is 0.709. The molecule has 19 heavy (non-hydrogen) atoms. The van der Waals surface area contributed by atoms with Crippen LogP contribution in [0.4, 0.5) is 0 Å². The summed E-state index contributed by atoms with van der Waals surface area (Å²) in [5.41, 5.74) is 1.45. The van der Waals surface area contributed by atoms with Crippen molar-refractivity contribution >= 4 is 8.32 Å². The zero-order chi connectivity index (χ0) is 13.7. The van der Waals surface area contributed by atoms with E-state index in [0.29, 0.717) is 5.92 Å². The summed E-state index contributed by atoms with van der Waals surface area (Å²) in [5, 5.41) is 0. The van der Waals surface area contributed by atoms with Crippen molar-refractivity contribution < 1.29 is 4.43 Å². The number of benzene rings is 1. The highest BCUT2D eigenvalue weighted by Gasteiger charge is 2.21. The lowest BCUT2D eigenvalue weighted by Gasteiger charge is -2.27. The largest absolute Gasteiger partial charge is 0.548 e. The van der Waals surface area contributed by atoms with E-state index >= 15 is 0 Å². The number of hydrogen-bond acceptors (Lipinski definition) is 1. The maximum atomic E-state index is 6.16. The van der Waals surface area contributed by atoms with E-state index in [1.54, 1.807) is 0 Å². The van der Waals surface area contributed by atoms with Crippen LogP contribution in [0.2, 0.25) is 19.6 Å². The Morgan fingerprint density at radius 3 is 2.58 bits per heavy atom. The van der Waals surface area contributed by atoms with Gasteiger partial charge < -0.3 is 4.43 Å². The molecular weight excluding hydrogens is 248 g/mol. The van der Waals surface area contributed by atoms with Crippen LogP contribution in [0.5, 0.6) is 0 Å². The molecule has 0 saturated heterocycles. The predicted molar refractivity (Wildman–Crippen MR) is 84.6 cm³/mol. The van der Waals surface area contributed by atoms with Crippen molar-refractivity contribution in [2.24, 2.45) is 5.92 Å². The average molecular weight is 274 g/mol. The van der Waals surface area contributed by atoms with Gasteiger partial charge >= 0.3 is 0 Å². The minimum atomic E-state index is -1.43. The highest BCUT2D eigenvalue weighted by Crippen LogP contribution is 2.28. The van der Waals surface area contributed by atoms with Gasteiger partial charge in [-0.25, -0.2) is 0 Å². The summed E-state index contributed by atoms with van der Waals surface area (Å²) >= 11 is 0. The molecule has 104 valence electrons. The van der Waals surface area contributed by atoms with Gasteiger partial charge in [-0.2, -0.15) is 0 Å². The summed E-state index contributed by atoms with van der Waals surface area (Å²) < 4.78 is 6.16. The normalized spacial score (nSPS) is 19.9. The van der Waals surface area contributed by atoms with Crippen LogP contribution in [-0.2, 0) is 10.8 Å². The van der Waals surface area contributed by atoms with Gasteiger partial charge in [0.05, 0.1) is 5.76 Å². The van der Waals surface area contributed by atoms with Gasteiger partial charge in [0, 0.05) is 6.42 Å². The van der Waals surface area contributed by atoms with Crippen molar-refractivity contribution in [2.75, 3.05) is 0 Å². The molecule has 0 N–H and O–H groups in total. The van der Waals surface area contributed by atoms with Crippen LogP contribution in [-0.4, -0.2) is 8.32 Å². The molecule has 0 amide bonds. The molecule has 2 rings (SSSR count). The Hall–Kier alpha value is -1.02. The SMILES string of the molecule is C[Si](C)(C)OC1=CC(CCc2ccccc2)CCC1. The lowest BCUT2D eigenvalue weighted by atomic mass is 9.89. The van der Waals surface area contributed by atoms with Gasteiger partial charge in [-0.05, 0) is 62.9 Å². The molecule has 0 spiro atoms. The molecule has 0 aliphatic heterocycles. The molecule has 1 unspecified atom stereocenters. The molecule has 0 radical (unpaired) electrons. The second-order valence-electron chi connectivity index (χ2n) is 6.52. The first-order chi connectivity index (χ1) is 9.03. The van der Waals surface area contributed by atoms with Crippen molar-refractivity contribution in [2.45, 2.75) is 51.7 Å². The molecule has 0 saturated carbocycles. The summed E-state index contributed by atoms with van der Waals surface area (Å²) in [7, 11) is -1.43. The Morgan fingerprint density at radius 1 is 1.16 bits per heavy atom. The molecule has 0 fully saturated rings. The molecule has 1 nitrogen and oxygen atoms in total. The molecule has 1 atom stereocenters. The fourth-order valence-corrected chi connectivity index (χ4v) is 3.63. The van der Waals surface area contributed by atoms with E-state index in [4.69, 9.17) is 4.43 Å². The Morgan fingerprint density at radius 2 is 1.89 bits per heavy atom. The van der Waals surface area contributed by atoms with E-state index in [0.717, 1.165) is 6.42 Å².